The third-order valence-electron chi connectivity index (χ3n) is 2.17. The number of hydrogen-bond acceptors (Lipinski definition) is 5. The number of nitro groups is 1. The lowest BCUT2D eigenvalue weighted by Gasteiger charge is -2.13. The van der Waals surface area contributed by atoms with Crippen LogP contribution in [0, 0.1) is 10.1 Å². The maximum atomic E-state index is 12.7. The maximum Gasteiger partial charge on any atom is 0.418 e. The number of methoxy groups -OCH3 is 1. The van der Waals surface area contributed by atoms with Crippen molar-refractivity contribution in [2.45, 2.75) is 6.18 Å². The number of non-ortho nitro benzene ring substituents is 1. The Morgan fingerprint density at radius 2 is 2.11 bits per heavy atom. The van der Waals surface area contributed by atoms with E-state index in [1.165, 1.54) is 0 Å². The van der Waals surface area contributed by atoms with E-state index in [2.05, 4.69) is 10.1 Å². The van der Waals surface area contributed by atoms with Crippen molar-refractivity contribution < 1.29 is 27.6 Å². The van der Waals surface area contributed by atoms with Crippen molar-refractivity contribution in [2.24, 2.45) is 0 Å². The molecule has 1 aromatic carbocycles. The van der Waals surface area contributed by atoms with E-state index < -0.39 is 40.6 Å². The SMILES string of the molecule is COC(=O)CNc1ccc([N+](=O)[O-])cc1C(F)(F)F. The van der Waals surface area contributed by atoms with Crippen LogP contribution in [0.25, 0.3) is 0 Å². The van der Waals surface area contributed by atoms with Gasteiger partial charge in [-0.3, -0.25) is 14.9 Å². The van der Waals surface area contributed by atoms with Gasteiger partial charge in [0.2, 0.25) is 0 Å². The van der Waals surface area contributed by atoms with Crippen molar-refractivity contribution in [1.82, 2.24) is 0 Å². The summed E-state index contributed by atoms with van der Waals surface area (Å²) in [6, 6.07) is 2.21. The van der Waals surface area contributed by atoms with Crippen molar-refractivity contribution >= 4 is 17.3 Å². The lowest BCUT2D eigenvalue weighted by molar-refractivity contribution is -0.385. The number of anilines is 1. The molecule has 0 saturated carbocycles. The second kappa shape index (κ2) is 5.55. The summed E-state index contributed by atoms with van der Waals surface area (Å²) in [5, 5.41) is 12.7. The molecule has 0 aliphatic heterocycles. The molecule has 0 spiro atoms. The average molecular weight is 278 g/mol. The van der Waals surface area contributed by atoms with E-state index in [0.29, 0.717) is 6.07 Å². The summed E-state index contributed by atoms with van der Waals surface area (Å²) in [7, 11) is 1.09. The number of hydrogen-bond donors (Lipinski definition) is 1. The number of esters is 1. The molecule has 0 aliphatic rings. The summed E-state index contributed by atoms with van der Waals surface area (Å²) in [5.41, 5.74) is -2.33. The van der Waals surface area contributed by atoms with Crippen LogP contribution < -0.4 is 5.32 Å². The molecule has 9 heteroatoms. The van der Waals surface area contributed by atoms with E-state index in [4.69, 9.17) is 0 Å². The zero-order valence-corrected chi connectivity index (χ0v) is 9.65. The van der Waals surface area contributed by atoms with Gasteiger partial charge in [-0.05, 0) is 6.07 Å². The molecule has 6 nitrogen and oxygen atoms in total. The van der Waals surface area contributed by atoms with Gasteiger partial charge < -0.3 is 10.1 Å². The number of benzene rings is 1. The van der Waals surface area contributed by atoms with Gasteiger partial charge in [0, 0.05) is 17.8 Å². The molecule has 1 aromatic rings. The summed E-state index contributed by atoms with van der Waals surface area (Å²) in [6.07, 6.45) is -4.77. The van der Waals surface area contributed by atoms with Crippen LogP contribution in [-0.2, 0) is 15.7 Å². The van der Waals surface area contributed by atoms with Crippen molar-refractivity contribution in [3.8, 4) is 0 Å². The van der Waals surface area contributed by atoms with Crippen LogP contribution in [0.5, 0.6) is 0 Å². The normalized spacial score (nSPS) is 10.9. The molecule has 0 amide bonds. The third kappa shape index (κ3) is 3.83. The van der Waals surface area contributed by atoms with Gasteiger partial charge in [0.05, 0.1) is 17.6 Å². The topological polar surface area (TPSA) is 81.5 Å². The monoisotopic (exact) mass is 278 g/mol. The largest absolute Gasteiger partial charge is 0.468 e. The van der Waals surface area contributed by atoms with Gasteiger partial charge >= 0.3 is 12.1 Å². The summed E-state index contributed by atoms with van der Waals surface area (Å²) in [6.45, 7) is -0.475. The second-order valence-electron chi connectivity index (χ2n) is 3.41. The Morgan fingerprint density at radius 1 is 1.47 bits per heavy atom. The van der Waals surface area contributed by atoms with E-state index in [-0.39, 0.29) is 0 Å². The molecule has 0 radical (unpaired) electrons. The zero-order chi connectivity index (χ0) is 14.6. The van der Waals surface area contributed by atoms with Crippen LogP contribution in [0.4, 0.5) is 24.5 Å². The Bertz CT molecular complexity index is 502. The highest BCUT2D eigenvalue weighted by atomic mass is 19.4. The van der Waals surface area contributed by atoms with Gasteiger partial charge in [-0.1, -0.05) is 0 Å². The summed E-state index contributed by atoms with van der Waals surface area (Å²) in [4.78, 5) is 20.4. The van der Waals surface area contributed by atoms with Gasteiger partial charge in [0.1, 0.15) is 6.54 Å². The van der Waals surface area contributed by atoms with Crippen molar-refractivity contribution in [3.05, 3.63) is 33.9 Å². The first-order valence-electron chi connectivity index (χ1n) is 4.92. The fourth-order valence-corrected chi connectivity index (χ4v) is 1.27. The molecular formula is C10H9F3N2O4. The molecule has 0 heterocycles. The number of nitrogens with zero attached hydrogens (tertiary/aromatic N) is 1. The van der Waals surface area contributed by atoms with Crippen LogP contribution in [-0.4, -0.2) is 24.5 Å². The Morgan fingerprint density at radius 3 is 2.58 bits per heavy atom. The highest BCUT2D eigenvalue weighted by Gasteiger charge is 2.35. The van der Waals surface area contributed by atoms with Gasteiger partial charge in [0.25, 0.3) is 5.69 Å². The Kier molecular flexibility index (Phi) is 4.30. The molecule has 104 valence electrons. The first-order valence-corrected chi connectivity index (χ1v) is 4.92. The number of nitro benzene ring substituents is 1. The molecule has 0 fully saturated rings. The maximum absolute atomic E-state index is 12.7. The first-order chi connectivity index (χ1) is 8.75. The standard InChI is InChI=1S/C10H9F3N2O4/c1-19-9(16)5-14-8-3-2-6(15(17)18)4-7(8)10(11,12)13/h2-4,14H,5H2,1H3. The molecule has 1 rings (SSSR count). The molecular weight excluding hydrogens is 269 g/mol. The number of carbonyl (C=O) groups is 1. The number of alkyl halides is 3. The number of carbonyl (C=O) groups excluding carboxylic acids is 1. The molecule has 0 aromatic heterocycles. The van der Waals surface area contributed by atoms with Gasteiger partial charge in [0.15, 0.2) is 0 Å². The smallest absolute Gasteiger partial charge is 0.418 e. The number of ether oxygens (including phenoxy) is 1. The van der Waals surface area contributed by atoms with Crippen molar-refractivity contribution in [3.63, 3.8) is 0 Å². The highest BCUT2D eigenvalue weighted by Crippen LogP contribution is 2.36. The van der Waals surface area contributed by atoms with Gasteiger partial charge in [-0.2, -0.15) is 13.2 Å². The van der Waals surface area contributed by atoms with Crippen LogP contribution in [0.2, 0.25) is 0 Å². The Hall–Kier alpha value is -2.32. The van der Waals surface area contributed by atoms with Crippen molar-refractivity contribution in [2.75, 3.05) is 19.0 Å². The molecule has 0 atom stereocenters. The predicted molar refractivity (Wildman–Crippen MR) is 58.6 cm³/mol. The summed E-state index contributed by atoms with van der Waals surface area (Å²) in [5.74, 6) is -0.758. The molecule has 0 unspecified atom stereocenters. The number of halogens is 3. The molecule has 0 saturated heterocycles. The van der Waals surface area contributed by atoms with E-state index in [1.807, 2.05) is 0 Å². The predicted octanol–water partition coefficient (Wildman–Crippen LogP) is 2.20. The average Bonchev–Trinajstić information content (AvgIpc) is 2.34. The summed E-state index contributed by atoms with van der Waals surface area (Å²) >= 11 is 0. The number of nitrogens with one attached hydrogen (secondary N) is 1. The lowest BCUT2D eigenvalue weighted by atomic mass is 10.1. The van der Waals surface area contributed by atoms with Crippen LogP contribution >= 0.6 is 0 Å². The quantitative estimate of drug-likeness (QED) is 0.518. The molecule has 0 aliphatic carbocycles. The van der Waals surface area contributed by atoms with E-state index in [0.717, 1.165) is 19.2 Å². The molecule has 0 bridgehead atoms. The zero-order valence-electron chi connectivity index (χ0n) is 9.65. The van der Waals surface area contributed by atoms with Crippen molar-refractivity contribution in [1.29, 1.82) is 0 Å². The molecule has 19 heavy (non-hydrogen) atoms. The molecule has 1 N–H and O–H groups in total. The fourth-order valence-electron chi connectivity index (χ4n) is 1.27. The minimum absolute atomic E-state index is 0.402. The highest BCUT2D eigenvalue weighted by molar-refractivity contribution is 5.75. The second-order valence-corrected chi connectivity index (χ2v) is 3.41. The Balaban J connectivity index is 3.10. The Labute approximate surface area is 105 Å². The summed E-state index contributed by atoms with van der Waals surface area (Å²) < 4.78 is 42.4. The minimum atomic E-state index is -4.77. The van der Waals surface area contributed by atoms with E-state index in [1.54, 1.807) is 0 Å². The van der Waals surface area contributed by atoms with Gasteiger partial charge in [-0.15, -0.1) is 0 Å². The van der Waals surface area contributed by atoms with Crippen LogP contribution in [0.1, 0.15) is 5.56 Å². The van der Waals surface area contributed by atoms with E-state index in [9.17, 15) is 28.1 Å². The third-order valence-corrected chi connectivity index (χ3v) is 2.17. The first kappa shape index (κ1) is 14.7. The van der Waals surface area contributed by atoms with Crippen LogP contribution in [0.15, 0.2) is 18.2 Å². The van der Waals surface area contributed by atoms with Gasteiger partial charge in [-0.25, -0.2) is 0 Å². The minimum Gasteiger partial charge on any atom is -0.468 e. The fraction of sp³-hybridized carbons (Fsp3) is 0.300. The van der Waals surface area contributed by atoms with Crippen LogP contribution in [0.3, 0.4) is 0 Å². The van der Waals surface area contributed by atoms with E-state index >= 15 is 0 Å². The number of rotatable bonds is 4. The lowest BCUT2D eigenvalue weighted by Crippen LogP contribution is -2.18.